The van der Waals surface area contributed by atoms with Gasteiger partial charge in [-0.2, -0.15) is 0 Å². The van der Waals surface area contributed by atoms with Gasteiger partial charge >= 0.3 is 5.97 Å². The van der Waals surface area contributed by atoms with Crippen molar-refractivity contribution in [3.63, 3.8) is 0 Å². The molecule has 0 aliphatic rings. The van der Waals surface area contributed by atoms with Crippen LogP contribution in [0.15, 0.2) is 24.3 Å². The lowest BCUT2D eigenvalue weighted by atomic mass is 10.1. The molecule has 1 unspecified atom stereocenters. The maximum atomic E-state index is 11.1. The molecule has 5 heteroatoms. The largest absolute Gasteiger partial charge is 0.494 e. The molecule has 0 amide bonds. The number of aliphatic carboxylic acids is 1. The zero-order valence-electron chi connectivity index (χ0n) is 10.3. The van der Waals surface area contributed by atoms with E-state index in [4.69, 9.17) is 19.7 Å². The Bertz CT molecular complexity index is 377. The van der Waals surface area contributed by atoms with Gasteiger partial charge in [0.2, 0.25) is 0 Å². The van der Waals surface area contributed by atoms with Gasteiger partial charge in [0, 0.05) is 0 Å². The first-order valence-electron chi connectivity index (χ1n) is 5.87. The fourth-order valence-electron chi connectivity index (χ4n) is 1.47. The SMILES string of the molecule is CCCOc1cccc(C(OCCO)C(=O)O)c1. The molecule has 2 N–H and O–H groups in total. The molecule has 0 saturated heterocycles. The molecule has 0 heterocycles. The molecule has 0 aliphatic heterocycles. The lowest BCUT2D eigenvalue weighted by Gasteiger charge is -2.14. The molecule has 0 saturated carbocycles. The van der Waals surface area contributed by atoms with Crippen LogP contribution in [0.3, 0.4) is 0 Å². The first-order valence-corrected chi connectivity index (χ1v) is 5.87. The van der Waals surface area contributed by atoms with Crippen LogP contribution in [0.4, 0.5) is 0 Å². The molecular formula is C13H18O5. The van der Waals surface area contributed by atoms with Crippen molar-refractivity contribution in [1.82, 2.24) is 0 Å². The molecule has 18 heavy (non-hydrogen) atoms. The van der Waals surface area contributed by atoms with E-state index in [-0.39, 0.29) is 13.2 Å². The number of hydrogen-bond donors (Lipinski definition) is 2. The second kappa shape index (κ2) is 7.68. The van der Waals surface area contributed by atoms with E-state index in [0.717, 1.165) is 6.42 Å². The predicted octanol–water partition coefficient (Wildman–Crippen LogP) is 1.61. The summed E-state index contributed by atoms with van der Waals surface area (Å²) in [5, 5.41) is 17.7. The monoisotopic (exact) mass is 254 g/mol. The molecule has 0 spiro atoms. The molecule has 0 bridgehead atoms. The van der Waals surface area contributed by atoms with Gasteiger partial charge in [-0.15, -0.1) is 0 Å². The van der Waals surface area contributed by atoms with E-state index in [0.29, 0.717) is 17.9 Å². The Morgan fingerprint density at radius 1 is 1.39 bits per heavy atom. The summed E-state index contributed by atoms with van der Waals surface area (Å²) in [5.41, 5.74) is 0.504. The van der Waals surface area contributed by atoms with Gasteiger partial charge in [-0.05, 0) is 24.1 Å². The van der Waals surface area contributed by atoms with Crippen LogP contribution >= 0.6 is 0 Å². The van der Waals surface area contributed by atoms with Crippen molar-refractivity contribution in [2.24, 2.45) is 0 Å². The number of aliphatic hydroxyl groups excluding tert-OH is 1. The lowest BCUT2D eigenvalue weighted by molar-refractivity contribution is -0.151. The number of aliphatic hydroxyl groups is 1. The minimum Gasteiger partial charge on any atom is -0.494 e. The highest BCUT2D eigenvalue weighted by Crippen LogP contribution is 2.22. The van der Waals surface area contributed by atoms with Gasteiger partial charge in [0.25, 0.3) is 0 Å². The average molecular weight is 254 g/mol. The fourth-order valence-corrected chi connectivity index (χ4v) is 1.47. The Kier molecular flexibility index (Phi) is 6.18. The van der Waals surface area contributed by atoms with Crippen molar-refractivity contribution in [3.8, 4) is 5.75 Å². The van der Waals surface area contributed by atoms with E-state index in [1.165, 1.54) is 0 Å². The second-order valence-electron chi connectivity index (χ2n) is 3.73. The Morgan fingerprint density at radius 3 is 2.78 bits per heavy atom. The van der Waals surface area contributed by atoms with Crippen LogP contribution in [0.5, 0.6) is 5.75 Å². The van der Waals surface area contributed by atoms with E-state index < -0.39 is 12.1 Å². The average Bonchev–Trinajstić information content (AvgIpc) is 2.37. The third-order valence-corrected chi connectivity index (χ3v) is 2.23. The molecule has 1 aromatic rings. The number of benzene rings is 1. The molecule has 0 radical (unpaired) electrons. The second-order valence-corrected chi connectivity index (χ2v) is 3.73. The molecule has 5 nitrogen and oxygen atoms in total. The quantitative estimate of drug-likeness (QED) is 0.737. The summed E-state index contributed by atoms with van der Waals surface area (Å²) >= 11 is 0. The van der Waals surface area contributed by atoms with Gasteiger partial charge in [0.15, 0.2) is 6.10 Å². The smallest absolute Gasteiger partial charge is 0.337 e. The Balaban J connectivity index is 2.80. The minimum absolute atomic E-state index is 0.0169. The van der Waals surface area contributed by atoms with Crippen LogP contribution in [-0.2, 0) is 9.53 Å². The van der Waals surface area contributed by atoms with Gasteiger partial charge < -0.3 is 19.7 Å². The summed E-state index contributed by atoms with van der Waals surface area (Å²) < 4.78 is 10.5. The Morgan fingerprint density at radius 2 is 2.17 bits per heavy atom. The maximum Gasteiger partial charge on any atom is 0.337 e. The van der Waals surface area contributed by atoms with Gasteiger partial charge in [-0.25, -0.2) is 4.79 Å². The lowest BCUT2D eigenvalue weighted by Crippen LogP contribution is -2.17. The van der Waals surface area contributed by atoms with Gasteiger partial charge in [-0.1, -0.05) is 19.1 Å². The Hall–Kier alpha value is -1.59. The highest BCUT2D eigenvalue weighted by atomic mass is 16.5. The van der Waals surface area contributed by atoms with Crippen LogP contribution in [0.2, 0.25) is 0 Å². The molecule has 100 valence electrons. The molecule has 0 fully saturated rings. The van der Waals surface area contributed by atoms with E-state index in [1.54, 1.807) is 24.3 Å². The summed E-state index contributed by atoms with van der Waals surface area (Å²) in [6.45, 7) is 2.35. The standard InChI is InChI=1S/C13H18O5/c1-2-7-17-11-5-3-4-10(9-11)12(13(15)16)18-8-6-14/h3-5,9,12,14H,2,6-8H2,1H3,(H,15,16). The first kappa shape index (κ1) is 14.5. The highest BCUT2D eigenvalue weighted by molar-refractivity contribution is 5.74. The van der Waals surface area contributed by atoms with E-state index in [1.807, 2.05) is 6.92 Å². The van der Waals surface area contributed by atoms with Crippen LogP contribution < -0.4 is 4.74 Å². The van der Waals surface area contributed by atoms with Gasteiger partial charge in [-0.3, -0.25) is 0 Å². The molecule has 1 rings (SSSR count). The van der Waals surface area contributed by atoms with E-state index in [9.17, 15) is 4.79 Å². The van der Waals surface area contributed by atoms with Crippen LogP contribution in [0, 0.1) is 0 Å². The normalized spacial score (nSPS) is 12.1. The van der Waals surface area contributed by atoms with Crippen LogP contribution in [0.1, 0.15) is 25.0 Å². The van der Waals surface area contributed by atoms with Crippen LogP contribution in [0.25, 0.3) is 0 Å². The molecule has 0 aliphatic carbocycles. The highest BCUT2D eigenvalue weighted by Gasteiger charge is 2.20. The number of ether oxygens (including phenoxy) is 2. The molecule has 1 aromatic carbocycles. The van der Waals surface area contributed by atoms with E-state index in [2.05, 4.69) is 0 Å². The third-order valence-electron chi connectivity index (χ3n) is 2.23. The zero-order valence-corrected chi connectivity index (χ0v) is 10.3. The van der Waals surface area contributed by atoms with Crippen molar-refractivity contribution in [1.29, 1.82) is 0 Å². The summed E-state index contributed by atoms with van der Waals surface area (Å²) in [6, 6.07) is 6.80. The fraction of sp³-hybridized carbons (Fsp3) is 0.462. The number of carboxylic acid groups (broad SMARTS) is 1. The van der Waals surface area contributed by atoms with Crippen LogP contribution in [-0.4, -0.2) is 36.0 Å². The molecule has 1 atom stereocenters. The maximum absolute atomic E-state index is 11.1. The number of carboxylic acids is 1. The topological polar surface area (TPSA) is 76.0 Å². The van der Waals surface area contributed by atoms with Crippen molar-refractivity contribution < 1.29 is 24.5 Å². The number of hydrogen-bond acceptors (Lipinski definition) is 4. The number of carbonyl (C=O) groups is 1. The van der Waals surface area contributed by atoms with E-state index >= 15 is 0 Å². The molecular weight excluding hydrogens is 236 g/mol. The predicted molar refractivity (Wildman–Crippen MR) is 65.6 cm³/mol. The third kappa shape index (κ3) is 4.35. The van der Waals surface area contributed by atoms with Gasteiger partial charge in [0.05, 0.1) is 19.8 Å². The molecule has 0 aromatic heterocycles. The summed E-state index contributed by atoms with van der Waals surface area (Å²) in [7, 11) is 0. The summed E-state index contributed by atoms with van der Waals surface area (Å²) in [6.07, 6.45) is -0.199. The van der Waals surface area contributed by atoms with Crippen molar-refractivity contribution in [2.45, 2.75) is 19.4 Å². The minimum atomic E-state index is -1.09. The number of rotatable bonds is 8. The zero-order chi connectivity index (χ0) is 13.4. The van der Waals surface area contributed by atoms with Crippen molar-refractivity contribution >= 4 is 5.97 Å². The van der Waals surface area contributed by atoms with Gasteiger partial charge in [0.1, 0.15) is 5.75 Å². The van der Waals surface area contributed by atoms with Crippen molar-refractivity contribution in [2.75, 3.05) is 19.8 Å². The first-order chi connectivity index (χ1) is 8.69. The van der Waals surface area contributed by atoms with Crippen molar-refractivity contribution in [3.05, 3.63) is 29.8 Å². The summed E-state index contributed by atoms with van der Waals surface area (Å²) in [5.74, 6) is -0.468. The Labute approximate surface area is 106 Å². The summed E-state index contributed by atoms with van der Waals surface area (Å²) in [4.78, 5) is 11.1.